The second-order valence-electron chi connectivity index (χ2n) is 8.95. The lowest BCUT2D eigenvalue weighted by Crippen LogP contribution is -2.39. The van der Waals surface area contributed by atoms with E-state index in [0.717, 1.165) is 34.4 Å². The molecule has 0 saturated carbocycles. The van der Waals surface area contributed by atoms with Crippen LogP contribution in [0.1, 0.15) is 27.2 Å². The summed E-state index contributed by atoms with van der Waals surface area (Å²) in [6, 6.07) is 8.87. The van der Waals surface area contributed by atoms with Gasteiger partial charge in [0.1, 0.15) is 17.0 Å². The van der Waals surface area contributed by atoms with Crippen LogP contribution < -0.4 is 4.90 Å². The lowest BCUT2D eigenvalue weighted by Gasteiger charge is -2.27. The number of pyridine rings is 1. The Morgan fingerprint density at radius 3 is 2.55 bits per heavy atom. The fourth-order valence-electron chi connectivity index (χ4n) is 3.74. The molecule has 1 aliphatic rings. The van der Waals surface area contributed by atoms with Crippen molar-refractivity contribution in [2.75, 3.05) is 31.1 Å². The third-order valence-electron chi connectivity index (χ3n) is 5.31. The fourth-order valence-corrected chi connectivity index (χ4v) is 4.25. The Bertz CT molecular complexity index is 1130. The molecule has 174 valence electrons. The van der Waals surface area contributed by atoms with Gasteiger partial charge in [-0.25, -0.2) is 13.9 Å². The minimum Gasteiger partial charge on any atom is -0.444 e. The van der Waals surface area contributed by atoms with E-state index in [9.17, 15) is 4.79 Å². The number of amides is 1. The maximum atomic E-state index is 15.1. The Kier molecular flexibility index (Phi) is 6.69. The number of rotatable bonds is 3. The van der Waals surface area contributed by atoms with Crippen LogP contribution in [0.15, 0.2) is 53.4 Å². The molecule has 3 heterocycles. The van der Waals surface area contributed by atoms with Gasteiger partial charge in [0.25, 0.3) is 0 Å². The Morgan fingerprint density at radius 1 is 1.09 bits per heavy atom. The summed E-state index contributed by atoms with van der Waals surface area (Å²) in [5.41, 5.74) is 2.23. The first kappa shape index (κ1) is 23.2. The molecular formula is C24H27BrFN5O2. The summed E-state index contributed by atoms with van der Waals surface area (Å²) in [6.45, 7) is 8.06. The number of hydrogen-bond acceptors (Lipinski definition) is 5. The molecular weight excluding hydrogens is 489 g/mol. The summed E-state index contributed by atoms with van der Waals surface area (Å²) in [5, 5.41) is 4.56. The first-order valence-electron chi connectivity index (χ1n) is 10.9. The molecule has 0 spiro atoms. The van der Waals surface area contributed by atoms with Crippen LogP contribution in [-0.4, -0.2) is 57.5 Å². The van der Waals surface area contributed by atoms with Crippen molar-refractivity contribution in [3.05, 3.63) is 59.2 Å². The summed E-state index contributed by atoms with van der Waals surface area (Å²) >= 11 is 3.52. The smallest absolute Gasteiger partial charge is 0.410 e. The predicted octanol–water partition coefficient (Wildman–Crippen LogP) is 5.28. The molecule has 0 bridgehead atoms. The first-order valence-corrected chi connectivity index (χ1v) is 11.7. The van der Waals surface area contributed by atoms with Crippen LogP contribution in [0.2, 0.25) is 0 Å². The van der Waals surface area contributed by atoms with Crippen molar-refractivity contribution in [2.45, 2.75) is 32.8 Å². The van der Waals surface area contributed by atoms with Gasteiger partial charge < -0.3 is 14.5 Å². The average Bonchev–Trinajstić information content (AvgIpc) is 2.98. The molecule has 3 aromatic rings. The minimum absolute atomic E-state index is 0.305. The SMILES string of the molecule is CC(C)(C)OC(=O)N1CCCN(c2ccc(-n3cc(Br)c(-c4ccncc4)n3)c(F)c2)CC1. The van der Waals surface area contributed by atoms with E-state index in [1.165, 1.54) is 10.7 Å². The second kappa shape index (κ2) is 9.51. The van der Waals surface area contributed by atoms with Crippen molar-refractivity contribution < 1.29 is 13.9 Å². The summed E-state index contributed by atoms with van der Waals surface area (Å²) in [6.07, 6.45) is 5.62. The monoisotopic (exact) mass is 515 g/mol. The molecule has 0 unspecified atom stereocenters. The topological polar surface area (TPSA) is 63.5 Å². The van der Waals surface area contributed by atoms with Crippen LogP contribution in [-0.2, 0) is 4.74 Å². The summed E-state index contributed by atoms with van der Waals surface area (Å²) in [4.78, 5) is 20.2. The number of nitrogens with zero attached hydrogens (tertiary/aromatic N) is 5. The Morgan fingerprint density at radius 2 is 1.85 bits per heavy atom. The molecule has 7 nitrogen and oxygen atoms in total. The van der Waals surface area contributed by atoms with E-state index in [1.54, 1.807) is 29.6 Å². The summed E-state index contributed by atoms with van der Waals surface area (Å²) in [7, 11) is 0. The van der Waals surface area contributed by atoms with Gasteiger partial charge in [-0.2, -0.15) is 5.10 Å². The van der Waals surface area contributed by atoms with Gasteiger partial charge in [0.05, 0.1) is 4.47 Å². The normalized spacial score (nSPS) is 14.8. The van der Waals surface area contributed by atoms with Gasteiger partial charge in [-0.15, -0.1) is 0 Å². The number of aromatic nitrogens is 3. The van der Waals surface area contributed by atoms with E-state index in [-0.39, 0.29) is 11.9 Å². The molecule has 1 aromatic carbocycles. The molecule has 0 atom stereocenters. The number of hydrogen-bond donors (Lipinski definition) is 0. The number of halogens is 2. The van der Waals surface area contributed by atoms with Crippen molar-refractivity contribution in [1.82, 2.24) is 19.7 Å². The summed E-state index contributed by atoms with van der Waals surface area (Å²) in [5.74, 6) is -0.364. The van der Waals surface area contributed by atoms with Crippen LogP contribution in [0.25, 0.3) is 16.9 Å². The Labute approximate surface area is 201 Å². The highest BCUT2D eigenvalue weighted by Crippen LogP contribution is 2.29. The molecule has 4 rings (SSSR count). The molecule has 1 saturated heterocycles. The molecule has 9 heteroatoms. The van der Waals surface area contributed by atoms with Gasteiger partial charge in [0.15, 0.2) is 5.82 Å². The average molecular weight is 516 g/mol. The third kappa shape index (κ3) is 5.52. The van der Waals surface area contributed by atoms with Crippen LogP contribution in [0.5, 0.6) is 0 Å². The van der Waals surface area contributed by atoms with E-state index in [2.05, 4.69) is 30.9 Å². The molecule has 1 fully saturated rings. The van der Waals surface area contributed by atoms with E-state index in [0.29, 0.717) is 25.3 Å². The highest BCUT2D eigenvalue weighted by molar-refractivity contribution is 9.10. The fraction of sp³-hybridized carbons (Fsp3) is 0.375. The zero-order chi connectivity index (χ0) is 23.6. The van der Waals surface area contributed by atoms with Crippen LogP contribution in [0.4, 0.5) is 14.9 Å². The number of carbonyl (C=O) groups is 1. The minimum atomic E-state index is -0.527. The first-order chi connectivity index (χ1) is 15.7. The number of benzene rings is 1. The molecule has 0 aliphatic carbocycles. The van der Waals surface area contributed by atoms with Gasteiger partial charge >= 0.3 is 6.09 Å². The Hall–Kier alpha value is -2.94. The number of carbonyl (C=O) groups excluding carboxylic acids is 1. The zero-order valence-electron chi connectivity index (χ0n) is 19.0. The molecule has 0 radical (unpaired) electrons. The quantitative estimate of drug-likeness (QED) is 0.474. The summed E-state index contributed by atoms with van der Waals surface area (Å²) < 4.78 is 22.9. The maximum Gasteiger partial charge on any atom is 0.410 e. The van der Waals surface area contributed by atoms with Gasteiger partial charge in [0, 0.05) is 56.0 Å². The third-order valence-corrected chi connectivity index (χ3v) is 5.89. The van der Waals surface area contributed by atoms with Crippen molar-refractivity contribution >= 4 is 27.7 Å². The maximum absolute atomic E-state index is 15.1. The van der Waals surface area contributed by atoms with Crippen molar-refractivity contribution in [3.8, 4) is 16.9 Å². The lowest BCUT2D eigenvalue weighted by molar-refractivity contribution is 0.0263. The van der Waals surface area contributed by atoms with Crippen molar-refractivity contribution in [2.24, 2.45) is 0 Å². The van der Waals surface area contributed by atoms with Crippen LogP contribution in [0.3, 0.4) is 0 Å². The van der Waals surface area contributed by atoms with E-state index in [1.807, 2.05) is 39.0 Å². The van der Waals surface area contributed by atoms with Crippen LogP contribution in [0, 0.1) is 5.82 Å². The molecule has 33 heavy (non-hydrogen) atoms. The van der Waals surface area contributed by atoms with Crippen molar-refractivity contribution in [1.29, 1.82) is 0 Å². The van der Waals surface area contributed by atoms with Gasteiger partial charge in [-0.05, 0) is 73.5 Å². The molecule has 1 amide bonds. The van der Waals surface area contributed by atoms with E-state index in [4.69, 9.17) is 4.74 Å². The van der Waals surface area contributed by atoms with Crippen molar-refractivity contribution in [3.63, 3.8) is 0 Å². The largest absolute Gasteiger partial charge is 0.444 e. The molecule has 2 aromatic heterocycles. The number of anilines is 1. The van der Waals surface area contributed by atoms with Crippen LogP contribution >= 0.6 is 15.9 Å². The molecule has 1 aliphatic heterocycles. The standard InChI is InChI=1S/C24H27BrFN5O2/c1-24(2,3)33-23(32)30-12-4-11-29(13-14-30)18-5-6-21(20(26)15-18)31-16-19(25)22(28-31)17-7-9-27-10-8-17/h5-10,15-16H,4,11-14H2,1-3H3. The molecule has 0 N–H and O–H groups in total. The highest BCUT2D eigenvalue weighted by Gasteiger charge is 2.25. The second-order valence-corrected chi connectivity index (χ2v) is 9.80. The van der Waals surface area contributed by atoms with E-state index < -0.39 is 5.60 Å². The predicted molar refractivity (Wildman–Crippen MR) is 129 cm³/mol. The number of ether oxygens (including phenoxy) is 1. The zero-order valence-corrected chi connectivity index (χ0v) is 20.5. The highest BCUT2D eigenvalue weighted by atomic mass is 79.9. The Balaban J connectivity index is 1.49. The lowest BCUT2D eigenvalue weighted by atomic mass is 10.2. The van der Waals surface area contributed by atoms with E-state index >= 15 is 4.39 Å². The van der Waals surface area contributed by atoms with Gasteiger partial charge in [0.2, 0.25) is 0 Å². The van der Waals surface area contributed by atoms with Gasteiger partial charge in [-0.1, -0.05) is 0 Å². The van der Waals surface area contributed by atoms with Gasteiger partial charge in [-0.3, -0.25) is 4.98 Å².